The van der Waals surface area contributed by atoms with Gasteiger partial charge in [-0.15, -0.1) is 0 Å². The molecule has 0 saturated heterocycles. The van der Waals surface area contributed by atoms with Gasteiger partial charge in [-0.1, -0.05) is 71.7 Å². The highest BCUT2D eigenvalue weighted by atomic mass is 79.9. The van der Waals surface area contributed by atoms with E-state index in [1.54, 1.807) is 0 Å². The maximum atomic E-state index is 3.79. The normalized spacial score (nSPS) is 12.6. The van der Waals surface area contributed by atoms with Crippen LogP contribution in [0, 0.1) is 0 Å². The van der Waals surface area contributed by atoms with Gasteiger partial charge < -0.3 is 0 Å². The molecule has 0 bridgehead atoms. The summed E-state index contributed by atoms with van der Waals surface area (Å²) in [6.45, 7) is 2.21. The first-order valence-electron chi connectivity index (χ1n) is 6.32. The Hall–Kier alpha value is -0.863. The minimum Gasteiger partial charge on any atom is -0.0654 e. The zero-order valence-electron chi connectivity index (χ0n) is 10.5. The molecule has 0 atom stereocenters. The molecular weight excluding hydrogens is 300 g/mol. The van der Waals surface area contributed by atoms with Crippen molar-refractivity contribution in [3.8, 4) is 0 Å². The Bertz CT molecular complexity index is 567. The second kappa shape index (κ2) is 6.35. The number of halogens is 1. The highest BCUT2D eigenvalue weighted by Crippen LogP contribution is 2.29. The molecule has 0 N–H and O–H groups in total. The summed E-state index contributed by atoms with van der Waals surface area (Å²) in [5, 5.41) is 3.74. The van der Waals surface area contributed by atoms with Crippen LogP contribution in [0.15, 0.2) is 46.9 Å². The number of hydrogen-bond donors (Lipinski definition) is 0. The summed E-state index contributed by atoms with van der Waals surface area (Å²) in [5.41, 5.74) is 1.26. The van der Waals surface area contributed by atoms with E-state index in [0.29, 0.717) is 0 Å². The molecule has 0 aromatic heterocycles. The predicted octanol–water partition coefficient (Wildman–Crippen LogP) is 5.26. The summed E-state index contributed by atoms with van der Waals surface area (Å²) in [7, 11) is 3.79. The van der Waals surface area contributed by atoms with E-state index in [2.05, 4.69) is 75.6 Å². The monoisotopic (exact) mass is 315 g/mol. The lowest BCUT2D eigenvalue weighted by Gasteiger charge is -2.10. The smallest absolute Gasteiger partial charge is 0.0654 e. The Morgan fingerprint density at radius 3 is 2.61 bits per heavy atom. The van der Waals surface area contributed by atoms with Crippen LogP contribution in [0.4, 0.5) is 0 Å². The van der Waals surface area contributed by atoms with Gasteiger partial charge >= 0.3 is 0 Å². The number of allylic oxidation sites excluding steroid dienone is 1. The Morgan fingerprint density at radius 2 is 1.83 bits per heavy atom. The number of benzene rings is 2. The second-order valence-electron chi connectivity index (χ2n) is 4.41. The van der Waals surface area contributed by atoms with E-state index in [4.69, 9.17) is 0 Å². The van der Waals surface area contributed by atoms with E-state index in [9.17, 15) is 0 Å². The van der Waals surface area contributed by atoms with E-state index < -0.39 is 0 Å². The number of unbranched alkanes of at least 4 members (excludes halogenated alkanes) is 1. The van der Waals surface area contributed by atoms with Gasteiger partial charge in [0.05, 0.1) is 10.2 Å². The van der Waals surface area contributed by atoms with E-state index in [-0.39, 0.29) is 0 Å². The van der Waals surface area contributed by atoms with Crippen LogP contribution < -0.4 is 0 Å². The summed E-state index contributed by atoms with van der Waals surface area (Å²) in [4.78, 5) is 0. The van der Waals surface area contributed by atoms with Crippen LogP contribution >= 0.6 is 15.9 Å². The van der Waals surface area contributed by atoms with Gasteiger partial charge in [-0.2, -0.15) is 0 Å². The molecule has 0 heterocycles. The van der Waals surface area contributed by atoms with Crippen LogP contribution in [0.25, 0.3) is 16.0 Å². The lowest BCUT2D eigenvalue weighted by atomic mass is 10.0. The van der Waals surface area contributed by atoms with E-state index in [1.807, 2.05) is 0 Å². The van der Waals surface area contributed by atoms with Gasteiger partial charge in [-0.25, -0.2) is 0 Å². The Labute approximate surface area is 121 Å². The lowest BCUT2D eigenvalue weighted by molar-refractivity contribution is 0.812. The molecule has 0 aliphatic heterocycles. The lowest BCUT2D eigenvalue weighted by Crippen LogP contribution is -1.89. The zero-order valence-corrected chi connectivity index (χ0v) is 13.1. The third-order valence-corrected chi connectivity index (χ3v) is 4.81. The van der Waals surface area contributed by atoms with Gasteiger partial charge in [0, 0.05) is 0 Å². The van der Waals surface area contributed by atoms with Gasteiger partial charge in [0.15, 0.2) is 0 Å². The number of rotatable bonds is 4. The topological polar surface area (TPSA) is 0 Å². The third kappa shape index (κ3) is 2.93. The first-order chi connectivity index (χ1) is 8.74. The molecule has 0 fully saturated rings. The van der Waals surface area contributed by atoms with Crippen molar-refractivity contribution in [3.05, 3.63) is 52.5 Å². The highest BCUT2D eigenvalue weighted by molar-refractivity contribution is 9.11. The first kappa shape index (κ1) is 13.6. The van der Waals surface area contributed by atoms with Crippen molar-refractivity contribution in [1.29, 1.82) is 0 Å². The molecule has 0 aliphatic carbocycles. The summed E-state index contributed by atoms with van der Waals surface area (Å²) in [6.07, 6.45) is 3.50. The summed E-state index contributed by atoms with van der Waals surface area (Å²) >= 11 is 3.70. The molecule has 18 heavy (non-hydrogen) atoms. The largest absolute Gasteiger partial charge is 0.0731 e. The molecule has 3 radical (unpaired) electrons. The van der Waals surface area contributed by atoms with Gasteiger partial charge in [-0.05, 0) is 38.9 Å². The number of fused-ring (bicyclic) bond motifs is 1. The number of hydrogen-bond acceptors (Lipinski definition) is 0. The maximum absolute atomic E-state index is 3.79. The highest BCUT2D eigenvalue weighted by Gasteiger charge is 2.05. The zero-order chi connectivity index (χ0) is 13.0. The van der Waals surface area contributed by atoms with Crippen molar-refractivity contribution in [1.82, 2.24) is 0 Å². The van der Waals surface area contributed by atoms with Crippen LogP contribution in [0.1, 0.15) is 31.7 Å². The molecule has 0 nitrogen and oxygen atoms in total. The fourth-order valence-corrected chi connectivity index (χ4v) is 2.88. The Kier molecular flexibility index (Phi) is 4.78. The van der Waals surface area contributed by atoms with Gasteiger partial charge in [-0.3, -0.25) is 0 Å². The van der Waals surface area contributed by atoms with Crippen LogP contribution in [-0.2, 0) is 0 Å². The third-order valence-electron chi connectivity index (χ3n) is 3.08. The van der Waals surface area contributed by atoms with Crippen LogP contribution in [0.2, 0.25) is 0 Å². The Morgan fingerprint density at radius 1 is 1.11 bits per heavy atom. The molecule has 0 aliphatic rings. The summed E-state index contributed by atoms with van der Waals surface area (Å²) in [6, 6.07) is 14.9. The van der Waals surface area contributed by atoms with Crippen molar-refractivity contribution in [2.75, 3.05) is 0 Å². The maximum Gasteiger partial charge on any atom is 0.0731 e. The molecule has 0 saturated carbocycles. The summed E-state index contributed by atoms with van der Waals surface area (Å²) < 4.78 is 1.25. The van der Waals surface area contributed by atoms with Crippen molar-refractivity contribution in [2.45, 2.75) is 26.2 Å². The second-order valence-corrected chi connectivity index (χ2v) is 5.87. The Balaban J connectivity index is 2.47. The molecular formula is C16H16BrSi. The quantitative estimate of drug-likeness (QED) is 0.675. The van der Waals surface area contributed by atoms with Gasteiger partial charge in [0.1, 0.15) is 0 Å². The van der Waals surface area contributed by atoms with Crippen molar-refractivity contribution in [3.63, 3.8) is 0 Å². The van der Waals surface area contributed by atoms with Crippen LogP contribution in [0.5, 0.6) is 0 Å². The van der Waals surface area contributed by atoms with E-state index >= 15 is 0 Å². The molecule has 0 amide bonds. The molecule has 0 spiro atoms. The predicted molar refractivity (Wildman–Crippen MR) is 85.1 cm³/mol. The first-order valence-corrected chi connectivity index (χ1v) is 7.61. The van der Waals surface area contributed by atoms with E-state index in [1.165, 1.54) is 38.9 Å². The van der Waals surface area contributed by atoms with E-state index in [0.717, 1.165) is 6.42 Å². The average Bonchev–Trinajstić information content (AvgIpc) is 2.43. The average molecular weight is 316 g/mol. The molecule has 2 aromatic carbocycles. The van der Waals surface area contributed by atoms with Gasteiger partial charge in [0.25, 0.3) is 0 Å². The standard InChI is InChI=1S/C16H16BrSi/c1-2-3-11-15(17)16(18)14-10-6-8-12-7-4-5-9-13(12)14/h4-10H,2-3,11H2,1H3. The summed E-state index contributed by atoms with van der Waals surface area (Å²) in [5.74, 6) is 0. The van der Waals surface area contributed by atoms with Crippen LogP contribution in [0.3, 0.4) is 0 Å². The fourth-order valence-electron chi connectivity index (χ4n) is 2.05. The van der Waals surface area contributed by atoms with Gasteiger partial charge in [0.2, 0.25) is 0 Å². The van der Waals surface area contributed by atoms with Crippen molar-refractivity contribution in [2.24, 2.45) is 0 Å². The molecule has 91 valence electrons. The molecule has 2 heteroatoms. The fraction of sp³-hybridized carbons (Fsp3) is 0.250. The molecule has 0 unspecified atom stereocenters. The van der Waals surface area contributed by atoms with Crippen molar-refractivity contribution >= 4 is 42.1 Å². The van der Waals surface area contributed by atoms with Crippen molar-refractivity contribution < 1.29 is 0 Å². The SMILES string of the molecule is CCCCC(Br)=C([Si])c1cccc2ccccc12. The van der Waals surface area contributed by atoms with Crippen LogP contribution in [-0.4, -0.2) is 10.2 Å². The minimum atomic E-state index is 1.08. The molecule has 2 aromatic rings. The minimum absolute atomic E-state index is 1.08. The molecule has 2 rings (SSSR count).